The van der Waals surface area contributed by atoms with E-state index in [4.69, 9.17) is 33.2 Å². The molecule has 4 saturated carbocycles. The summed E-state index contributed by atoms with van der Waals surface area (Å²) in [5.41, 5.74) is 0.450. The van der Waals surface area contributed by atoms with Gasteiger partial charge in [0.2, 0.25) is 12.4 Å². The van der Waals surface area contributed by atoms with Gasteiger partial charge in [-0.25, -0.2) is 4.79 Å². The lowest BCUT2D eigenvalue weighted by Crippen LogP contribution is -2.64. The smallest absolute Gasteiger partial charge is 0.339 e. The quantitative estimate of drug-likeness (QED) is 0.212. The van der Waals surface area contributed by atoms with Gasteiger partial charge in [0.15, 0.2) is 18.3 Å². The van der Waals surface area contributed by atoms with Crippen molar-refractivity contribution in [2.45, 2.75) is 156 Å². The summed E-state index contributed by atoms with van der Waals surface area (Å²) in [5, 5.41) is 0. The minimum absolute atomic E-state index is 0.0452. The zero-order chi connectivity index (χ0) is 38.1. The molecule has 13 nitrogen and oxygen atoms in total. The van der Waals surface area contributed by atoms with Gasteiger partial charge >= 0.3 is 35.8 Å². The third-order valence-electron chi connectivity index (χ3n) is 13.6. The van der Waals surface area contributed by atoms with Gasteiger partial charge < -0.3 is 33.2 Å². The first kappa shape index (κ1) is 40.0. The Kier molecular flexibility index (Phi) is 12.3. The van der Waals surface area contributed by atoms with Crippen molar-refractivity contribution in [2.75, 3.05) is 7.11 Å². The fraction of sp³-hybridized carbons (Fsp3) is 0.846. The highest BCUT2D eigenvalue weighted by molar-refractivity contribution is 5.77. The number of ether oxygens (including phenoxy) is 7. The van der Waals surface area contributed by atoms with E-state index in [0.29, 0.717) is 36.0 Å². The Labute approximate surface area is 306 Å². The van der Waals surface area contributed by atoms with Gasteiger partial charge in [-0.3, -0.25) is 24.0 Å². The minimum atomic E-state index is -1.64. The van der Waals surface area contributed by atoms with Crippen LogP contribution in [-0.4, -0.2) is 79.7 Å². The summed E-state index contributed by atoms with van der Waals surface area (Å²) in [5.74, 6) is -0.950. The molecule has 0 N–H and O–H groups in total. The van der Waals surface area contributed by atoms with Crippen molar-refractivity contribution in [3.8, 4) is 0 Å². The molecule has 52 heavy (non-hydrogen) atoms. The number of carbonyl (C=O) groups excluding carboxylic acids is 6. The fourth-order valence-corrected chi connectivity index (χ4v) is 11.4. The standard InChI is InChI=1S/C39H58O13/c1-20(28-12-13-29-27-11-10-25-19-26(47-21(2)40)15-17-38(25,6)30(27)16-18-39(28,29)7)9-14-31(44)51-37-35(50-24(5)43)33(49-23(4)42)32(48-22(3)41)34(52-37)36(45)46-8/h20,25-30,32-35,37H,9-19H2,1-8H3/t20-,25-,26-,27+,28-,29+,30+,32+,33+,34+,35-,37+,38+,39-/m1/s1. The lowest BCUT2D eigenvalue weighted by molar-refractivity contribution is -0.294. The Morgan fingerprint density at radius 2 is 1.29 bits per heavy atom. The molecule has 0 radical (unpaired) electrons. The van der Waals surface area contributed by atoms with E-state index in [2.05, 4.69) is 20.8 Å². The summed E-state index contributed by atoms with van der Waals surface area (Å²) < 4.78 is 38.0. The molecule has 0 unspecified atom stereocenters. The maximum Gasteiger partial charge on any atom is 0.339 e. The van der Waals surface area contributed by atoms with Crippen LogP contribution in [0.3, 0.4) is 0 Å². The van der Waals surface area contributed by atoms with Crippen molar-refractivity contribution in [1.29, 1.82) is 0 Å². The highest BCUT2D eigenvalue weighted by atomic mass is 16.7. The molecule has 1 aliphatic heterocycles. The third-order valence-corrected chi connectivity index (χ3v) is 13.6. The van der Waals surface area contributed by atoms with Crippen LogP contribution in [0.1, 0.15) is 119 Å². The SMILES string of the molecule is COC(=O)[C@H]1O[C@H](OC(=O)CC[C@@H](C)[C@H]2CC[C@H]3[C@@H]4CC[C@@H]5C[C@H](OC(C)=O)CC[C@]5(C)[C@H]4CC[C@]23C)[C@H](OC(C)=O)[C@@H](OC(C)=O)[C@@H]1OC(C)=O. The second kappa shape index (κ2) is 16.0. The van der Waals surface area contributed by atoms with Gasteiger partial charge in [0.05, 0.1) is 7.11 Å². The molecule has 292 valence electrons. The van der Waals surface area contributed by atoms with E-state index >= 15 is 0 Å². The van der Waals surface area contributed by atoms with Crippen LogP contribution in [0.25, 0.3) is 0 Å². The first-order valence-electron chi connectivity index (χ1n) is 19.1. The number of hydrogen-bond acceptors (Lipinski definition) is 13. The lowest BCUT2D eigenvalue weighted by Gasteiger charge is -2.61. The van der Waals surface area contributed by atoms with Crippen LogP contribution in [0, 0.1) is 46.3 Å². The first-order valence-corrected chi connectivity index (χ1v) is 19.1. The van der Waals surface area contributed by atoms with Crippen LogP contribution in [0.15, 0.2) is 0 Å². The predicted molar refractivity (Wildman–Crippen MR) is 183 cm³/mol. The van der Waals surface area contributed by atoms with Gasteiger partial charge in [-0.1, -0.05) is 20.8 Å². The highest BCUT2D eigenvalue weighted by Crippen LogP contribution is 2.68. The van der Waals surface area contributed by atoms with Crippen LogP contribution in [0.5, 0.6) is 0 Å². The summed E-state index contributed by atoms with van der Waals surface area (Å²) in [6.07, 6.45) is 2.89. The summed E-state index contributed by atoms with van der Waals surface area (Å²) in [7, 11) is 1.10. The number of rotatable bonds is 10. The van der Waals surface area contributed by atoms with Crippen LogP contribution in [0.2, 0.25) is 0 Å². The molecule has 13 heteroatoms. The van der Waals surface area contributed by atoms with Crippen molar-refractivity contribution in [3.05, 3.63) is 0 Å². The molecule has 1 saturated heterocycles. The Hall–Kier alpha value is -3.22. The van der Waals surface area contributed by atoms with Crippen molar-refractivity contribution < 1.29 is 61.9 Å². The number of fused-ring (bicyclic) bond motifs is 5. The van der Waals surface area contributed by atoms with E-state index in [1.54, 1.807) is 0 Å². The summed E-state index contributed by atoms with van der Waals surface area (Å²) in [6, 6.07) is 0. The average molecular weight is 735 g/mol. The van der Waals surface area contributed by atoms with E-state index in [-0.39, 0.29) is 35.2 Å². The molecule has 4 aliphatic carbocycles. The molecule has 0 aromatic carbocycles. The molecule has 5 fully saturated rings. The van der Waals surface area contributed by atoms with Crippen LogP contribution >= 0.6 is 0 Å². The second-order valence-electron chi connectivity index (χ2n) is 16.6. The number of esters is 6. The number of methoxy groups -OCH3 is 1. The zero-order valence-corrected chi connectivity index (χ0v) is 32.0. The Morgan fingerprint density at radius 1 is 0.692 bits per heavy atom. The van der Waals surface area contributed by atoms with Gasteiger partial charge in [-0.05, 0) is 111 Å². The molecular weight excluding hydrogens is 676 g/mol. The van der Waals surface area contributed by atoms with Crippen molar-refractivity contribution in [2.24, 2.45) is 46.3 Å². The largest absolute Gasteiger partial charge is 0.467 e. The lowest BCUT2D eigenvalue weighted by atomic mass is 9.44. The van der Waals surface area contributed by atoms with E-state index in [0.717, 1.165) is 60.0 Å². The van der Waals surface area contributed by atoms with Gasteiger partial charge in [0, 0.05) is 34.1 Å². The Morgan fingerprint density at radius 3 is 1.92 bits per heavy atom. The second-order valence-corrected chi connectivity index (χ2v) is 16.6. The van der Waals surface area contributed by atoms with Gasteiger partial charge in [0.25, 0.3) is 0 Å². The first-order chi connectivity index (χ1) is 24.5. The van der Waals surface area contributed by atoms with E-state index < -0.39 is 60.6 Å². The van der Waals surface area contributed by atoms with E-state index in [1.165, 1.54) is 32.6 Å². The molecule has 5 aliphatic rings. The Balaban J connectivity index is 1.23. The molecule has 0 aromatic rings. The van der Waals surface area contributed by atoms with Crippen molar-refractivity contribution in [1.82, 2.24) is 0 Å². The number of hydrogen-bond donors (Lipinski definition) is 0. The maximum absolute atomic E-state index is 13.4. The number of carbonyl (C=O) groups is 6. The maximum atomic E-state index is 13.4. The molecule has 0 spiro atoms. The van der Waals surface area contributed by atoms with E-state index in [9.17, 15) is 28.8 Å². The van der Waals surface area contributed by atoms with Crippen LogP contribution in [-0.2, 0) is 61.9 Å². The molecule has 0 amide bonds. The van der Waals surface area contributed by atoms with Crippen LogP contribution in [0.4, 0.5) is 0 Å². The molecular formula is C39H58O13. The average Bonchev–Trinajstić information content (AvgIpc) is 3.42. The van der Waals surface area contributed by atoms with Crippen LogP contribution < -0.4 is 0 Å². The molecule has 14 atom stereocenters. The topological polar surface area (TPSA) is 167 Å². The van der Waals surface area contributed by atoms with Crippen molar-refractivity contribution >= 4 is 35.8 Å². The molecule has 0 bridgehead atoms. The van der Waals surface area contributed by atoms with E-state index in [1.807, 2.05) is 0 Å². The normalized spacial score (nSPS) is 40.0. The molecule has 0 aromatic heterocycles. The highest BCUT2D eigenvalue weighted by Gasteiger charge is 2.61. The Bertz CT molecular complexity index is 1380. The minimum Gasteiger partial charge on any atom is -0.467 e. The van der Waals surface area contributed by atoms with Crippen molar-refractivity contribution in [3.63, 3.8) is 0 Å². The van der Waals surface area contributed by atoms with Gasteiger partial charge in [0.1, 0.15) is 6.10 Å². The fourth-order valence-electron chi connectivity index (χ4n) is 11.4. The molecule has 1 heterocycles. The predicted octanol–water partition coefficient (Wildman–Crippen LogP) is 5.23. The summed E-state index contributed by atoms with van der Waals surface area (Å²) >= 11 is 0. The molecule has 5 rings (SSSR count). The van der Waals surface area contributed by atoms with Gasteiger partial charge in [-0.15, -0.1) is 0 Å². The third kappa shape index (κ3) is 8.14. The monoisotopic (exact) mass is 734 g/mol. The zero-order valence-electron chi connectivity index (χ0n) is 32.0. The summed E-state index contributed by atoms with van der Waals surface area (Å²) in [6.45, 7) is 12.0. The van der Waals surface area contributed by atoms with Gasteiger partial charge in [-0.2, -0.15) is 0 Å². The summed E-state index contributed by atoms with van der Waals surface area (Å²) in [4.78, 5) is 74.0.